The summed E-state index contributed by atoms with van der Waals surface area (Å²) in [6, 6.07) is 10.2. The van der Waals surface area contributed by atoms with Gasteiger partial charge in [0, 0.05) is 35.1 Å². The Bertz CT molecular complexity index is 1010. The maximum atomic E-state index is 13.7. The third-order valence-corrected chi connectivity index (χ3v) is 4.19. The number of hydrogen-bond donors (Lipinski definition) is 1. The fourth-order valence-electron chi connectivity index (χ4n) is 2.77. The van der Waals surface area contributed by atoms with Crippen molar-refractivity contribution < 1.29 is 22.4 Å². The van der Waals surface area contributed by atoms with Crippen LogP contribution in [0.15, 0.2) is 48.7 Å². The zero-order valence-electron chi connectivity index (χ0n) is 14.5. The predicted octanol–water partition coefficient (Wildman–Crippen LogP) is 5.08. The fourth-order valence-corrected chi connectivity index (χ4v) is 2.89. The van der Waals surface area contributed by atoms with Crippen molar-refractivity contribution in [3.05, 3.63) is 70.8 Å². The number of benzene rings is 2. The second kappa shape index (κ2) is 7.63. The van der Waals surface area contributed by atoms with Gasteiger partial charge >= 0.3 is 6.18 Å². The summed E-state index contributed by atoms with van der Waals surface area (Å²) < 4.78 is 53.8. The molecule has 1 amide bonds. The lowest BCUT2D eigenvalue weighted by Crippen LogP contribution is -2.18. The van der Waals surface area contributed by atoms with Gasteiger partial charge < -0.3 is 5.32 Å². The first-order chi connectivity index (χ1) is 13.1. The molecule has 0 aliphatic carbocycles. The quantitative estimate of drug-likeness (QED) is 0.609. The molecule has 4 nitrogen and oxygen atoms in total. The molecule has 1 heterocycles. The van der Waals surface area contributed by atoms with Gasteiger partial charge in [-0.15, -0.1) is 0 Å². The second-order valence-corrected chi connectivity index (χ2v) is 6.53. The molecule has 0 aliphatic rings. The molecule has 0 spiro atoms. The molecule has 0 aliphatic heterocycles. The molecule has 28 heavy (non-hydrogen) atoms. The number of rotatable bonds is 4. The van der Waals surface area contributed by atoms with Gasteiger partial charge in [-0.2, -0.15) is 18.3 Å². The van der Waals surface area contributed by atoms with E-state index in [1.165, 1.54) is 19.2 Å². The van der Waals surface area contributed by atoms with E-state index in [2.05, 4.69) is 10.4 Å². The third-order valence-electron chi connectivity index (χ3n) is 3.94. The molecule has 1 aromatic heterocycles. The Kier molecular flexibility index (Phi) is 5.42. The third kappa shape index (κ3) is 4.51. The number of halogens is 5. The van der Waals surface area contributed by atoms with Gasteiger partial charge in [-0.25, -0.2) is 4.39 Å². The largest absolute Gasteiger partial charge is 0.435 e. The van der Waals surface area contributed by atoms with Gasteiger partial charge in [0.05, 0.1) is 6.42 Å². The van der Waals surface area contributed by atoms with E-state index in [0.717, 1.165) is 16.9 Å². The number of amides is 1. The second-order valence-electron chi connectivity index (χ2n) is 6.10. The van der Waals surface area contributed by atoms with Gasteiger partial charge in [-0.05, 0) is 35.9 Å². The zero-order chi connectivity index (χ0) is 20.5. The number of alkyl halides is 3. The summed E-state index contributed by atoms with van der Waals surface area (Å²) in [5, 5.41) is 6.41. The van der Waals surface area contributed by atoms with E-state index in [4.69, 9.17) is 11.6 Å². The summed E-state index contributed by atoms with van der Waals surface area (Å²) >= 11 is 5.85. The van der Waals surface area contributed by atoms with Crippen LogP contribution in [0.4, 0.5) is 23.2 Å². The van der Waals surface area contributed by atoms with Crippen LogP contribution in [0.2, 0.25) is 5.02 Å². The molecule has 0 bridgehead atoms. The molecule has 3 aromatic rings. The van der Waals surface area contributed by atoms with Crippen LogP contribution in [0.3, 0.4) is 0 Å². The van der Waals surface area contributed by atoms with Gasteiger partial charge in [0.25, 0.3) is 0 Å². The molecule has 0 unspecified atom stereocenters. The first-order valence-electron chi connectivity index (χ1n) is 8.08. The SMILES string of the molecule is Cn1cc(CC(=O)Nc2ccc(F)cc2-c2ccc(Cl)cc2)c(C(F)(F)F)n1. The molecule has 0 fully saturated rings. The Morgan fingerprint density at radius 2 is 1.86 bits per heavy atom. The molecule has 1 N–H and O–H groups in total. The minimum absolute atomic E-state index is 0.248. The highest BCUT2D eigenvalue weighted by Crippen LogP contribution is 2.32. The molecule has 0 radical (unpaired) electrons. The lowest BCUT2D eigenvalue weighted by atomic mass is 10.0. The number of carbonyl (C=O) groups excluding carboxylic acids is 1. The van der Waals surface area contributed by atoms with E-state index < -0.39 is 30.0 Å². The smallest absolute Gasteiger partial charge is 0.325 e. The summed E-state index contributed by atoms with van der Waals surface area (Å²) in [7, 11) is 1.34. The number of hydrogen-bond acceptors (Lipinski definition) is 2. The Labute approximate surface area is 162 Å². The number of aromatic nitrogens is 2. The van der Waals surface area contributed by atoms with Crippen molar-refractivity contribution in [2.45, 2.75) is 12.6 Å². The van der Waals surface area contributed by atoms with E-state index in [1.807, 2.05) is 0 Å². The van der Waals surface area contributed by atoms with Crippen LogP contribution in [0, 0.1) is 5.82 Å². The molecule has 0 atom stereocenters. The molecule has 3 rings (SSSR count). The summed E-state index contributed by atoms with van der Waals surface area (Å²) in [6.45, 7) is 0. The van der Waals surface area contributed by atoms with Crippen LogP contribution >= 0.6 is 11.6 Å². The van der Waals surface area contributed by atoms with E-state index in [-0.39, 0.29) is 11.3 Å². The van der Waals surface area contributed by atoms with Gasteiger partial charge in [0.2, 0.25) is 5.91 Å². The number of aryl methyl sites for hydroxylation is 1. The van der Waals surface area contributed by atoms with Crippen LogP contribution in [0.25, 0.3) is 11.1 Å². The van der Waals surface area contributed by atoms with Gasteiger partial charge in [0.15, 0.2) is 5.69 Å². The molecular formula is C19H14ClF4N3O. The Hall–Kier alpha value is -2.87. The van der Waals surface area contributed by atoms with Crippen molar-refractivity contribution >= 4 is 23.2 Å². The van der Waals surface area contributed by atoms with E-state index in [0.29, 0.717) is 16.1 Å². The number of anilines is 1. The monoisotopic (exact) mass is 411 g/mol. The van der Waals surface area contributed by atoms with Crippen molar-refractivity contribution in [3.8, 4) is 11.1 Å². The summed E-state index contributed by atoms with van der Waals surface area (Å²) in [4.78, 5) is 12.4. The van der Waals surface area contributed by atoms with Crippen LogP contribution in [-0.4, -0.2) is 15.7 Å². The Morgan fingerprint density at radius 1 is 1.18 bits per heavy atom. The standard InChI is InChI=1S/C19H14ClF4N3O/c1-27-10-12(18(26-27)19(22,23)24)8-17(28)25-16-7-6-14(21)9-15(16)11-2-4-13(20)5-3-11/h2-7,9-10H,8H2,1H3,(H,25,28). The summed E-state index contributed by atoms with van der Waals surface area (Å²) in [5.41, 5.74) is -0.111. The summed E-state index contributed by atoms with van der Waals surface area (Å²) in [6.07, 6.45) is -4.05. The van der Waals surface area contributed by atoms with E-state index >= 15 is 0 Å². The highest BCUT2D eigenvalue weighted by molar-refractivity contribution is 6.30. The lowest BCUT2D eigenvalue weighted by molar-refractivity contribution is -0.142. The van der Waals surface area contributed by atoms with Crippen molar-refractivity contribution in [3.63, 3.8) is 0 Å². The zero-order valence-corrected chi connectivity index (χ0v) is 15.3. The number of carbonyl (C=O) groups is 1. The normalized spacial score (nSPS) is 11.5. The fraction of sp³-hybridized carbons (Fsp3) is 0.158. The molecule has 0 saturated carbocycles. The van der Waals surface area contributed by atoms with Gasteiger partial charge in [0.1, 0.15) is 5.82 Å². The maximum Gasteiger partial charge on any atom is 0.435 e. The molecule has 9 heteroatoms. The molecule has 146 valence electrons. The first-order valence-corrected chi connectivity index (χ1v) is 8.46. The average molecular weight is 412 g/mol. The van der Waals surface area contributed by atoms with Crippen molar-refractivity contribution in [1.29, 1.82) is 0 Å². The summed E-state index contributed by atoms with van der Waals surface area (Å²) in [5.74, 6) is -1.20. The number of nitrogens with one attached hydrogen (secondary N) is 1. The average Bonchev–Trinajstić information content (AvgIpc) is 2.98. The van der Waals surface area contributed by atoms with Gasteiger partial charge in [-0.1, -0.05) is 23.7 Å². The predicted molar refractivity (Wildman–Crippen MR) is 97.4 cm³/mol. The molecule has 0 saturated heterocycles. The first kappa shape index (κ1) is 19.9. The van der Waals surface area contributed by atoms with Crippen molar-refractivity contribution in [2.75, 3.05) is 5.32 Å². The topological polar surface area (TPSA) is 46.9 Å². The highest BCUT2D eigenvalue weighted by atomic mass is 35.5. The minimum atomic E-state index is -4.67. The van der Waals surface area contributed by atoms with Crippen LogP contribution in [-0.2, 0) is 24.4 Å². The Morgan fingerprint density at radius 3 is 2.50 bits per heavy atom. The Balaban J connectivity index is 1.87. The van der Waals surface area contributed by atoms with E-state index in [1.54, 1.807) is 24.3 Å². The van der Waals surface area contributed by atoms with Crippen molar-refractivity contribution in [1.82, 2.24) is 9.78 Å². The minimum Gasteiger partial charge on any atom is -0.325 e. The highest BCUT2D eigenvalue weighted by Gasteiger charge is 2.37. The maximum absolute atomic E-state index is 13.7. The van der Waals surface area contributed by atoms with Gasteiger partial charge in [-0.3, -0.25) is 9.48 Å². The lowest BCUT2D eigenvalue weighted by Gasteiger charge is -2.12. The number of nitrogens with zero attached hydrogens (tertiary/aromatic N) is 2. The van der Waals surface area contributed by atoms with Crippen LogP contribution in [0.5, 0.6) is 0 Å². The van der Waals surface area contributed by atoms with Crippen LogP contribution < -0.4 is 5.32 Å². The van der Waals surface area contributed by atoms with Crippen LogP contribution in [0.1, 0.15) is 11.3 Å². The molecule has 2 aromatic carbocycles. The molecular weight excluding hydrogens is 398 g/mol. The van der Waals surface area contributed by atoms with E-state index in [9.17, 15) is 22.4 Å². The van der Waals surface area contributed by atoms with Crippen molar-refractivity contribution in [2.24, 2.45) is 7.05 Å².